The molecule has 3 aliphatic heterocycles. The second kappa shape index (κ2) is 11.5. The topological polar surface area (TPSA) is 88.5 Å². The van der Waals surface area contributed by atoms with Gasteiger partial charge in [-0.2, -0.15) is 0 Å². The van der Waals surface area contributed by atoms with Crippen molar-refractivity contribution in [3.63, 3.8) is 0 Å². The van der Waals surface area contributed by atoms with E-state index in [1.165, 1.54) is 11.8 Å². The Morgan fingerprint density at radius 2 is 1.79 bits per heavy atom. The highest BCUT2D eigenvalue weighted by Gasteiger charge is 2.42. The van der Waals surface area contributed by atoms with E-state index in [1.54, 1.807) is 24.0 Å². The fourth-order valence-corrected chi connectivity index (χ4v) is 5.91. The zero-order chi connectivity index (χ0) is 27.6. The van der Waals surface area contributed by atoms with Crippen molar-refractivity contribution in [1.82, 2.24) is 9.80 Å². The van der Waals surface area contributed by atoms with Crippen molar-refractivity contribution in [3.8, 4) is 0 Å². The largest absolute Gasteiger partial charge is 0.466 e. The fourth-order valence-electron chi connectivity index (χ4n) is 4.82. The minimum absolute atomic E-state index is 0.0274. The molecule has 10 heteroatoms. The average Bonchev–Trinajstić information content (AvgIpc) is 3.24. The third-order valence-corrected chi connectivity index (χ3v) is 7.75. The van der Waals surface area contributed by atoms with E-state index in [-0.39, 0.29) is 24.2 Å². The van der Waals surface area contributed by atoms with E-state index >= 15 is 0 Å². The zero-order valence-corrected chi connectivity index (χ0v) is 24.0. The van der Waals surface area contributed by atoms with E-state index in [2.05, 4.69) is 0 Å². The van der Waals surface area contributed by atoms with Crippen LogP contribution in [0.25, 0.3) is 0 Å². The number of halogens is 1. The summed E-state index contributed by atoms with van der Waals surface area (Å²) < 4.78 is 10.9. The highest BCUT2D eigenvalue weighted by Crippen LogP contribution is 2.45. The molecule has 0 radical (unpaired) electrons. The van der Waals surface area contributed by atoms with E-state index in [4.69, 9.17) is 26.1 Å². The van der Waals surface area contributed by atoms with Crippen molar-refractivity contribution < 1.29 is 23.9 Å². The lowest BCUT2D eigenvalue weighted by Gasteiger charge is -2.38. The molecule has 3 aliphatic rings. The molecule has 1 saturated heterocycles. The van der Waals surface area contributed by atoms with Crippen molar-refractivity contribution in [2.75, 3.05) is 19.7 Å². The smallest absolute Gasteiger partial charge is 0.338 e. The van der Waals surface area contributed by atoms with Gasteiger partial charge in [-0.1, -0.05) is 35.5 Å². The van der Waals surface area contributed by atoms with Crippen LogP contribution in [0.1, 0.15) is 65.5 Å². The third kappa shape index (κ3) is 6.26. The van der Waals surface area contributed by atoms with Gasteiger partial charge in [-0.15, -0.1) is 0 Å². The number of hydrogen-bond acceptors (Lipinski definition) is 8. The summed E-state index contributed by atoms with van der Waals surface area (Å²) in [5.41, 5.74) is 1.95. The number of aliphatic imine (C=N–C) groups is 1. The number of nitrogens with zero attached hydrogens (tertiary/aromatic N) is 3. The van der Waals surface area contributed by atoms with Gasteiger partial charge in [-0.05, 0) is 70.6 Å². The number of rotatable bonds is 6. The number of allylic oxidation sites excluding steroid dienone is 1. The summed E-state index contributed by atoms with van der Waals surface area (Å²) >= 11 is 7.61. The molecule has 4 rings (SSSR count). The average molecular weight is 560 g/mol. The monoisotopic (exact) mass is 559 g/mol. The lowest BCUT2D eigenvalue weighted by atomic mass is 9.93. The Hall–Kier alpha value is -2.78. The maximum Gasteiger partial charge on any atom is 0.338 e. The number of likely N-dealkylation sites (tertiary alicyclic amines) is 1. The lowest BCUT2D eigenvalue weighted by Crippen LogP contribution is -2.42. The molecule has 0 bridgehead atoms. The molecule has 0 saturated carbocycles. The van der Waals surface area contributed by atoms with Crippen molar-refractivity contribution in [2.45, 2.75) is 65.5 Å². The molecule has 0 aromatic heterocycles. The number of ether oxygens (including phenoxy) is 2. The molecule has 1 aromatic carbocycles. The van der Waals surface area contributed by atoms with Gasteiger partial charge in [-0.25, -0.2) is 9.79 Å². The molecule has 38 heavy (non-hydrogen) atoms. The van der Waals surface area contributed by atoms with Crippen LogP contribution in [-0.2, 0) is 23.9 Å². The van der Waals surface area contributed by atoms with E-state index in [0.717, 1.165) is 11.3 Å². The number of thioether (sulfide) groups is 1. The van der Waals surface area contributed by atoms with Crippen molar-refractivity contribution >= 4 is 46.4 Å². The number of carbonyl (C=O) groups is 3. The summed E-state index contributed by atoms with van der Waals surface area (Å²) in [7, 11) is 0. The molecule has 0 aliphatic carbocycles. The Kier molecular flexibility index (Phi) is 8.57. The highest BCUT2D eigenvalue weighted by atomic mass is 35.5. The highest BCUT2D eigenvalue weighted by molar-refractivity contribution is 8.16. The van der Waals surface area contributed by atoms with E-state index in [9.17, 15) is 14.4 Å². The van der Waals surface area contributed by atoms with Gasteiger partial charge in [0.1, 0.15) is 5.60 Å². The van der Waals surface area contributed by atoms with Gasteiger partial charge in [-0.3, -0.25) is 9.59 Å². The molecule has 1 atom stereocenters. The van der Waals surface area contributed by atoms with E-state index in [0.29, 0.717) is 54.0 Å². The number of hydrogen-bond donors (Lipinski definition) is 0. The van der Waals surface area contributed by atoms with Crippen LogP contribution in [0.15, 0.2) is 51.6 Å². The van der Waals surface area contributed by atoms with Crippen LogP contribution in [0, 0.1) is 5.92 Å². The van der Waals surface area contributed by atoms with Crippen LogP contribution < -0.4 is 0 Å². The van der Waals surface area contributed by atoms with Gasteiger partial charge in [0.25, 0.3) is 0 Å². The van der Waals surface area contributed by atoms with Crippen LogP contribution in [0.2, 0.25) is 5.02 Å². The van der Waals surface area contributed by atoms with Gasteiger partial charge in [0, 0.05) is 23.8 Å². The number of carbonyl (C=O) groups excluding carboxylic acids is 3. The first-order chi connectivity index (χ1) is 18.0. The quantitative estimate of drug-likeness (QED) is 0.428. The van der Waals surface area contributed by atoms with Crippen molar-refractivity contribution in [2.24, 2.45) is 10.9 Å². The number of benzene rings is 1. The molecule has 1 fully saturated rings. The Bertz CT molecular complexity index is 1190. The minimum Gasteiger partial charge on any atom is -0.466 e. The van der Waals surface area contributed by atoms with E-state index in [1.807, 2.05) is 50.1 Å². The maximum atomic E-state index is 13.4. The predicted molar refractivity (Wildman–Crippen MR) is 148 cm³/mol. The van der Waals surface area contributed by atoms with Gasteiger partial charge < -0.3 is 19.3 Å². The van der Waals surface area contributed by atoms with Gasteiger partial charge >= 0.3 is 11.9 Å². The third-order valence-electron chi connectivity index (χ3n) is 6.61. The first-order valence-corrected chi connectivity index (χ1v) is 14.1. The van der Waals surface area contributed by atoms with Gasteiger partial charge in [0.2, 0.25) is 5.91 Å². The number of fused-ring (bicyclic) bond motifs is 1. The second-order valence-electron chi connectivity index (χ2n) is 10.5. The first-order valence-electron chi connectivity index (χ1n) is 12.9. The standard InChI is InChI=1S/C28H34ClN3O5S/c1-6-36-25(34)19-11-13-31(14-12-19)22(33)15-21-16-38-27-30-17(2)23(26(35)37-28(3,4)5)24(32(21)27)18-7-9-20(29)10-8-18/h7-10,16,19,24H,6,11-15H2,1-5H3/t24-/m0/s1. The Morgan fingerprint density at radius 1 is 1.13 bits per heavy atom. The predicted octanol–water partition coefficient (Wildman–Crippen LogP) is 5.45. The molecule has 0 N–H and O–H groups in total. The molecule has 0 unspecified atom stereocenters. The molecule has 1 aromatic rings. The Balaban J connectivity index is 1.57. The maximum absolute atomic E-state index is 13.4. The van der Waals surface area contributed by atoms with Crippen LogP contribution in [-0.4, -0.2) is 58.1 Å². The molecule has 8 nitrogen and oxygen atoms in total. The fraction of sp³-hybridized carbons (Fsp3) is 0.500. The van der Waals surface area contributed by atoms with Crippen LogP contribution in [0.3, 0.4) is 0 Å². The zero-order valence-electron chi connectivity index (χ0n) is 22.5. The Morgan fingerprint density at radius 3 is 2.39 bits per heavy atom. The summed E-state index contributed by atoms with van der Waals surface area (Å²) in [6, 6.07) is 6.83. The number of amides is 1. The molecule has 1 amide bonds. The summed E-state index contributed by atoms with van der Waals surface area (Å²) in [6.07, 6.45) is 1.33. The second-order valence-corrected chi connectivity index (χ2v) is 11.8. The van der Waals surface area contributed by atoms with Gasteiger partial charge in [0.15, 0.2) is 5.17 Å². The number of esters is 2. The summed E-state index contributed by atoms with van der Waals surface area (Å²) in [6.45, 7) is 10.5. The summed E-state index contributed by atoms with van der Waals surface area (Å²) in [5.74, 6) is -0.826. The molecule has 0 spiro atoms. The summed E-state index contributed by atoms with van der Waals surface area (Å²) in [4.78, 5) is 47.4. The first kappa shape index (κ1) is 28.2. The van der Waals surface area contributed by atoms with Crippen molar-refractivity contribution in [1.29, 1.82) is 0 Å². The molecule has 3 heterocycles. The SMILES string of the molecule is CCOC(=O)C1CCN(C(=O)CC2=CSC3=NC(C)=C(C(=O)OC(C)(C)C)[C@H](c4ccc(Cl)cc4)N23)CC1. The molecular formula is C28H34ClN3O5S. The number of amidine groups is 1. The van der Waals surface area contributed by atoms with E-state index < -0.39 is 17.6 Å². The van der Waals surface area contributed by atoms with Gasteiger partial charge in [0.05, 0.1) is 36.3 Å². The normalized spacial score (nSPS) is 20.1. The van der Waals surface area contributed by atoms with Crippen LogP contribution in [0.4, 0.5) is 0 Å². The van der Waals surface area contributed by atoms with Crippen LogP contribution >= 0.6 is 23.4 Å². The number of piperidine rings is 1. The summed E-state index contributed by atoms with van der Waals surface area (Å²) in [5, 5.41) is 3.22. The van der Waals surface area contributed by atoms with Crippen LogP contribution in [0.5, 0.6) is 0 Å². The van der Waals surface area contributed by atoms with Crippen molar-refractivity contribution in [3.05, 3.63) is 57.2 Å². The minimum atomic E-state index is -0.678. The molecular weight excluding hydrogens is 526 g/mol. The molecule has 204 valence electrons. The Labute approximate surface area is 233 Å². The lowest BCUT2D eigenvalue weighted by molar-refractivity contribution is -0.151.